The molecule has 0 rings (SSSR count). The maximum absolute atomic E-state index is 0. The van der Waals surface area contributed by atoms with Gasteiger partial charge in [-0.25, -0.2) is 0 Å². The Balaban J connectivity index is 0. The summed E-state index contributed by atoms with van der Waals surface area (Å²) in [5, 5.41) is 0. The summed E-state index contributed by atoms with van der Waals surface area (Å²) in [5.41, 5.74) is 0. The van der Waals surface area contributed by atoms with Gasteiger partial charge in [0.25, 0.3) is 0 Å². The molecule has 0 heterocycles. The van der Waals surface area contributed by atoms with E-state index in [1.807, 2.05) is 0 Å². The Kier molecular flexibility index (Phi) is 189. The van der Waals surface area contributed by atoms with Gasteiger partial charge in [0.15, 0.2) is 0 Å². The fourth-order valence-corrected chi connectivity index (χ4v) is 0. The van der Waals surface area contributed by atoms with E-state index in [1.54, 1.807) is 0 Å². The molecule has 0 nitrogen and oxygen atoms in total. The molecule has 4 heavy (non-hydrogen) atoms. The van der Waals surface area contributed by atoms with Gasteiger partial charge in [-0.2, -0.15) is 23.4 Å². The van der Waals surface area contributed by atoms with Gasteiger partial charge in [0.05, 0.1) is 0 Å². The molecule has 0 aromatic rings. The topological polar surface area (TPSA) is 0 Å². The molecular weight excluding hydrogens is 337 g/mol. The first-order chi connectivity index (χ1) is 0. The van der Waals surface area contributed by atoms with E-state index in [0.717, 1.165) is 0 Å². The second-order valence-corrected chi connectivity index (χ2v) is 0. The molecule has 0 saturated heterocycles. The number of rotatable bonds is 0. The van der Waals surface area contributed by atoms with Crippen LogP contribution in [0.4, 0.5) is 0 Å². The Morgan fingerprint density at radius 1 is 1.00 bits per heavy atom. The first-order valence-corrected chi connectivity index (χ1v) is 0. The zero-order chi connectivity index (χ0) is 0. The van der Waals surface area contributed by atoms with Crippen LogP contribution in [0.3, 0.4) is 0 Å². The van der Waals surface area contributed by atoms with E-state index in [4.69, 9.17) is 0 Å². The van der Waals surface area contributed by atoms with Crippen LogP contribution in [0.15, 0.2) is 0 Å². The van der Waals surface area contributed by atoms with E-state index in [2.05, 4.69) is 0 Å². The first-order valence-electron chi connectivity index (χ1n) is 0. The molecule has 0 aliphatic carbocycles. The molecule has 0 fully saturated rings. The summed E-state index contributed by atoms with van der Waals surface area (Å²) in [6.45, 7) is 0. The molecule has 0 bridgehead atoms. The van der Waals surface area contributed by atoms with Gasteiger partial charge < -0.3 is 0 Å². The molecule has 0 N–H and O–H groups in total. The predicted molar refractivity (Wildman–Crippen MR) is 30.0 cm³/mol. The average Bonchev–Trinajstić information content (AvgIpc) is 0. The Labute approximate surface area is 61.3 Å². The van der Waals surface area contributed by atoms with Crippen LogP contribution in [0.25, 0.3) is 0 Å². The number of hydrogen-bond donors (Lipinski definition) is 0. The SMILES string of the molecule is P.S.[Pt].[SeH2]. The Bertz CT molecular complexity index is 8.00. The normalized spacial score (nSPS) is 0. The van der Waals surface area contributed by atoms with Gasteiger partial charge in [0.2, 0.25) is 0 Å². The summed E-state index contributed by atoms with van der Waals surface area (Å²) in [5.74, 6) is 0. The Hall–Kier alpha value is 1.99. The zero-order valence-corrected chi connectivity index (χ0v) is 8.81. The summed E-state index contributed by atoms with van der Waals surface area (Å²) >= 11 is 0. The zero-order valence-electron chi connectivity index (χ0n) is 2.02. The van der Waals surface area contributed by atoms with Crippen molar-refractivity contribution in [2.24, 2.45) is 0 Å². The third kappa shape index (κ3) is 9.01. The Morgan fingerprint density at radius 3 is 1.00 bits per heavy atom. The van der Waals surface area contributed by atoms with Crippen molar-refractivity contribution in [3.63, 3.8) is 0 Å². The van der Waals surface area contributed by atoms with E-state index in [-0.39, 0.29) is 61.5 Å². The van der Waals surface area contributed by atoms with Gasteiger partial charge in [-0.1, -0.05) is 0 Å². The average molecular weight is 344 g/mol. The molecule has 0 aliphatic rings. The van der Waals surface area contributed by atoms with Crippen LogP contribution in [0, 0.1) is 0 Å². The van der Waals surface area contributed by atoms with Crippen LogP contribution < -0.4 is 0 Å². The third-order valence-electron chi connectivity index (χ3n) is 0. The molecule has 0 aromatic carbocycles. The van der Waals surface area contributed by atoms with E-state index in [1.165, 1.54) is 0 Å². The fourth-order valence-electron chi connectivity index (χ4n) is 0. The third-order valence-corrected chi connectivity index (χ3v) is 0. The van der Waals surface area contributed by atoms with Crippen LogP contribution >= 0.6 is 23.4 Å². The van der Waals surface area contributed by atoms with Crippen molar-refractivity contribution in [1.29, 1.82) is 0 Å². The molecule has 0 radical (unpaired) electrons. The van der Waals surface area contributed by atoms with Crippen molar-refractivity contribution >= 4 is 40.5 Å². The monoisotopic (exact) mass is 345 g/mol. The second kappa shape index (κ2) is 20.1. The Morgan fingerprint density at radius 2 is 1.00 bits per heavy atom. The molecule has 0 spiro atoms. The van der Waals surface area contributed by atoms with Crippen molar-refractivity contribution in [2.45, 2.75) is 0 Å². The van der Waals surface area contributed by atoms with Crippen LogP contribution in [0.2, 0.25) is 0 Å². The van der Waals surface area contributed by atoms with Crippen molar-refractivity contribution in [2.75, 3.05) is 0 Å². The molecule has 4 heteroatoms. The van der Waals surface area contributed by atoms with Gasteiger partial charge in [0.1, 0.15) is 0 Å². The van der Waals surface area contributed by atoms with Crippen molar-refractivity contribution in [1.82, 2.24) is 0 Å². The predicted octanol–water partition coefficient (Wildman–Crippen LogP) is -0.748. The minimum atomic E-state index is 0. The molecule has 1 unspecified atom stereocenters. The molecule has 1 atom stereocenters. The van der Waals surface area contributed by atoms with Gasteiger partial charge in [-0.05, 0) is 0 Å². The first kappa shape index (κ1) is 37.7. The van der Waals surface area contributed by atoms with Gasteiger partial charge in [-0.15, -0.1) is 0 Å². The van der Waals surface area contributed by atoms with E-state index < -0.39 is 0 Å². The summed E-state index contributed by atoms with van der Waals surface area (Å²) in [4.78, 5) is 0. The standard InChI is InChI=1S/H3P.Pt.H2S.H2Se/h1H3;;2*1H2. The van der Waals surface area contributed by atoms with Gasteiger partial charge >= 0.3 is 17.1 Å². The van der Waals surface area contributed by atoms with E-state index in [0.29, 0.717) is 0 Å². The van der Waals surface area contributed by atoms with Crippen molar-refractivity contribution in [3.05, 3.63) is 0 Å². The van der Waals surface area contributed by atoms with Crippen LogP contribution in [-0.2, 0) is 21.1 Å². The van der Waals surface area contributed by atoms with Gasteiger partial charge in [0, 0.05) is 21.1 Å². The van der Waals surface area contributed by atoms with Gasteiger partial charge in [-0.3, -0.25) is 0 Å². The summed E-state index contributed by atoms with van der Waals surface area (Å²) in [6.07, 6.45) is 0. The molecule has 0 aromatic heterocycles. The molecule has 0 amide bonds. The second-order valence-electron chi connectivity index (χ2n) is 0. The minimum absolute atomic E-state index is 0. The quantitative estimate of drug-likeness (QED) is 0.401. The maximum atomic E-state index is 0. The van der Waals surface area contributed by atoms with Crippen LogP contribution in [-0.4, -0.2) is 17.1 Å². The summed E-state index contributed by atoms with van der Waals surface area (Å²) in [7, 11) is 0. The summed E-state index contributed by atoms with van der Waals surface area (Å²) in [6, 6.07) is 0. The van der Waals surface area contributed by atoms with E-state index in [9.17, 15) is 0 Å². The molecule has 0 saturated carbocycles. The van der Waals surface area contributed by atoms with Crippen molar-refractivity contribution < 1.29 is 21.1 Å². The number of hydrogen-bond acceptors (Lipinski definition) is 0. The van der Waals surface area contributed by atoms with Crippen LogP contribution in [0.1, 0.15) is 0 Å². The fraction of sp³-hybridized carbons (Fsp3) is 0. The van der Waals surface area contributed by atoms with E-state index >= 15 is 0 Å². The molecule has 34 valence electrons. The summed E-state index contributed by atoms with van der Waals surface area (Å²) < 4.78 is 0. The molecular formula is H7PPtSSe. The van der Waals surface area contributed by atoms with Crippen molar-refractivity contribution in [3.8, 4) is 0 Å². The molecule has 0 aliphatic heterocycles. The van der Waals surface area contributed by atoms with Crippen LogP contribution in [0.5, 0.6) is 0 Å².